The minimum absolute atomic E-state index is 0.0184. The second-order valence-electron chi connectivity index (χ2n) is 11.1. The molecule has 0 aliphatic heterocycles. The fourth-order valence-electron chi connectivity index (χ4n) is 5.06. The first-order chi connectivity index (χ1) is 22.1. The number of nitrogens with zero attached hydrogens (tertiary/aromatic N) is 1. The van der Waals surface area contributed by atoms with E-state index in [1.165, 1.54) is 48.5 Å². The Bertz CT molecular complexity index is 1860. The van der Waals surface area contributed by atoms with Crippen LogP contribution in [0.2, 0.25) is 18.1 Å². The lowest BCUT2D eigenvalue weighted by Crippen LogP contribution is -2.53. The van der Waals surface area contributed by atoms with Crippen LogP contribution in [-0.4, -0.2) is 50.3 Å². The molecule has 0 aliphatic carbocycles. The van der Waals surface area contributed by atoms with E-state index in [0.29, 0.717) is 0 Å². The van der Waals surface area contributed by atoms with Crippen LogP contribution in [0.4, 0.5) is 37.7 Å². The predicted octanol–water partition coefficient (Wildman–Crippen LogP) is 7.65. The summed E-state index contributed by atoms with van der Waals surface area (Å²) in [4.78, 5) is -0.632. The van der Waals surface area contributed by atoms with E-state index < -0.39 is 75.2 Å². The Hall–Kier alpha value is -3.52. The minimum Gasteiger partial charge on any atom is -0.399 e. The predicted molar refractivity (Wildman–Crippen MR) is 175 cm³/mol. The van der Waals surface area contributed by atoms with Crippen LogP contribution >= 0.6 is 0 Å². The van der Waals surface area contributed by atoms with Crippen molar-refractivity contribution >= 4 is 39.6 Å². The van der Waals surface area contributed by atoms with E-state index in [-0.39, 0.29) is 38.6 Å². The van der Waals surface area contributed by atoms with Crippen molar-refractivity contribution in [1.82, 2.24) is 0 Å². The first kappa shape index (κ1) is 38.9. The molecule has 0 aliphatic rings. The molecule has 1 unspecified atom stereocenters. The lowest BCUT2D eigenvalue weighted by molar-refractivity contribution is -0.233. The van der Waals surface area contributed by atoms with Gasteiger partial charge in [0.05, 0.1) is 21.9 Å². The first-order valence-corrected chi connectivity index (χ1v) is 20.7. The first-order valence-electron chi connectivity index (χ1n) is 14.8. The Morgan fingerprint density at radius 2 is 1.40 bits per heavy atom. The Kier molecular flexibility index (Phi) is 11.8. The Morgan fingerprint density at radius 3 is 1.90 bits per heavy atom. The molecule has 3 rings (SSSR count). The van der Waals surface area contributed by atoms with Gasteiger partial charge in [-0.25, -0.2) is 16.8 Å². The van der Waals surface area contributed by atoms with Crippen molar-refractivity contribution in [2.24, 2.45) is 0 Å². The smallest absolute Gasteiger partial charge is 0.399 e. The van der Waals surface area contributed by atoms with Gasteiger partial charge < -0.3 is 10.2 Å². The number of hydrogen-bond donors (Lipinski definition) is 1. The molecule has 3 aromatic carbocycles. The van der Waals surface area contributed by atoms with Crippen molar-refractivity contribution < 1.29 is 47.6 Å². The number of para-hydroxylation sites is 1. The van der Waals surface area contributed by atoms with Crippen LogP contribution in [0.3, 0.4) is 0 Å². The molecular weight excluding hydrogens is 699 g/mol. The van der Waals surface area contributed by atoms with Gasteiger partial charge in [0.15, 0.2) is 18.2 Å². The van der Waals surface area contributed by atoms with Crippen LogP contribution in [0.5, 0.6) is 0 Å². The molecule has 0 saturated carbocycles. The lowest BCUT2D eigenvalue weighted by Gasteiger charge is -2.42. The highest BCUT2D eigenvalue weighted by Gasteiger charge is 2.61. The van der Waals surface area contributed by atoms with Crippen LogP contribution in [0.15, 0.2) is 82.6 Å². The van der Waals surface area contributed by atoms with E-state index in [9.17, 15) is 30.0 Å². The SMILES string of the molecule is CC[Si](CC)(CC)OC(C#Cc1ccc(S(C)(=O)=O)cc1)(c1ccccc1N(CCC(F)(F)F)S(=O)(=O)c1cccc(N)c1)C(F)(F)F. The second-order valence-corrected chi connectivity index (χ2v) is 19.7. The average molecular weight is 735 g/mol. The topological polar surface area (TPSA) is 107 Å². The Balaban J connectivity index is 2.46. The molecule has 1 atom stereocenters. The molecule has 262 valence electrons. The molecule has 0 radical (unpaired) electrons. The van der Waals surface area contributed by atoms with Crippen LogP contribution in [0, 0.1) is 11.8 Å². The van der Waals surface area contributed by atoms with E-state index in [1.807, 2.05) is 0 Å². The summed E-state index contributed by atoms with van der Waals surface area (Å²) in [5, 5.41) is 0. The standard InChI is InChI=1S/C32H36F6N2O5S2Si/c1-5-48(6-2,7-3)45-30(32(36,37)38,20-19-24-15-17-26(18-16-24)46(4,41)42)28-13-8-9-14-29(28)40(22-21-31(33,34)35)47(43,44)27-12-10-11-25(39)23-27/h8-18,23H,5-7,21-22,39H2,1-4H3. The number of hydrogen-bond acceptors (Lipinski definition) is 6. The molecule has 48 heavy (non-hydrogen) atoms. The lowest BCUT2D eigenvalue weighted by atomic mass is 9.91. The summed E-state index contributed by atoms with van der Waals surface area (Å²) in [6.45, 7) is 3.75. The van der Waals surface area contributed by atoms with Crippen molar-refractivity contribution in [2.45, 2.75) is 73.1 Å². The number of sulfone groups is 1. The summed E-state index contributed by atoms with van der Waals surface area (Å²) in [6, 6.07) is 14.4. The average Bonchev–Trinajstić information content (AvgIpc) is 3.00. The highest BCUT2D eigenvalue weighted by Crippen LogP contribution is 2.49. The number of nitrogen functional groups attached to an aromatic ring is 1. The van der Waals surface area contributed by atoms with Gasteiger partial charge in [0, 0.05) is 29.6 Å². The van der Waals surface area contributed by atoms with E-state index >= 15 is 13.2 Å². The summed E-state index contributed by atoms with van der Waals surface area (Å²) in [5.41, 5.74) is 0.651. The molecular formula is C32H36F6N2O5S2Si. The van der Waals surface area contributed by atoms with E-state index in [0.717, 1.165) is 30.5 Å². The van der Waals surface area contributed by atoms with Gasteiger partial charge in [0.25, 0.3) is 10.0 Å². The van der Waals surface area contributed by atoms with Gasteiger partial charge in [-0.3, -0.25) is 4.31 Å². The summed E-state index contributed by atoms with van der Waals surface area (Å²) in [5.74, 6) is 4.65. The van der Waals surface area contributed by atoms with Crippen LogP contribution < -0.4 is 10.0 Å². The maximum atomic E-state index is 15.8. The number of benzene rings is 3. The fraction of sp³-hybridized carbons (Fsp3) is 0.375. The minimum atomic E-state index is -5.35. The molecule has 0 bridgehead atoms. The quantitative estimate of drug-likeness (QED) is 0.0887. The van der Waals surface area contributed by atoms with Crippen LogP contribution in [0.25, 0.3) is 0 Å². The largest absolute Gasteiger partial charge is 0.432 e. The summed E-state index contributed by atoms with van der Waals surface area (Å²) < 4.78 is 146. The van der Waals surface area contributed by atoms with E-state index in [1.54, 1.807) is 20.8 Å². The molecule has 16 heteroatoms. The highest BCUT2D eigenvalue weighted by molar-refractivity contribution is 7.92. The maximum Gasteiger partial charge on any atom is 0.432 e. The zero-order chi connectivity index (χ0) is 36.2. The number of nitrogens with two attached hydrogens (primary N) is 1. The number of rotatable bonds is 12. The molecule has 7 nitrogen and oxygen atoms in total. The third kappa shape index (κ3) is 8.73. The van der Waals surface area contributed by atoms with E-state index in [4.69, 9.17) is 10.2 Å². The van der Waals surface area contributed by atoms with Crippen molar-refractivity contribution in [3.8, 4) is 11.8 Å². The van der Waals surface area contributed by atoms with Gasteiger partial charge >= 0.3 is 12.4 Å². The number of halogens is 6. The molecule has 0 fully saturated rings. The molecule has 3 aromatic rings. The highest BCUT2D eigenvalue weighted by atomic mass is 32.2. The molecule has 0 spiro atoms. The molecule has 0 saturated heterocycles. The van der Waals surface area contributed by atoms with Gasteiger partial charge in [-0.2, -0.15) is 26.3 Å². The summed E-state index contributed by atoms with van der Waals surface area (Å²) in [6.07, 6.45) is -10.9. The number of anilines is 2. The Labute approximate surface area is 278 Å². The van der Waals surface area contributed by atoms with Gasteiger partial charge in [-0.15, -0.1) is 0 Å². The molecule has 0 heterocycles. The molecule has 0 amide bonds. The zero-order valence-electron chi connectivity index (χ0n) is 26.6. The Morgan fingerprint density at radius 1 is 0.812 bits per heavy atom. The fourth-order valence-corrected chi connectivity index (χ4v) is 10.1. The third-order valence-electron chi connectivity index (χ3n) is 7.96. The normalized spacial score (nSPS) is 14.1. The molecule has 0 aromatic heterocycles. The third-order valence-corrected chi connectivity index (χ3v) is 15.5. The maximum absolute atomic E-state index is 15.8. The number of sulfonamides is 1. The summed E-state index contributed by atoms with van der Waals surface area (Å²) in [7, 11) is -11.9. The second kappa shape index (κ2) is 14.5. The van der Waals surface area contributed by atoms with Crippen molar-refractivity contribution in [3.05, 3.63) is 83.9 Å². The van der Waals surface area contributed by atoms with Crippen LogP contribution in [-0.2, 0) is 29.9 Å². The van der Waals surface area contributed by atoms with Gasteiger partial charge in [0.1, 0.15) is 0 Å². The monoisotopic (exact) mass is 734 g/mol. The van der Waals surface area contributed by atoms with Gasteiger partial charge in [0.2, 0.25) is 5.60 Å². The van der Waals surface area contributed by atoms with Crippen molar-refractivity contribution in [3.63, 3.8) is 0 Å². The molecule has 2 N–H and O–H groups in total. The zero-order valence-corrected chi connectivity index (χ0v) is 29.2. The van der Waals surface area contributed by atoms with Crippen LogP contribution in [0.1, 0.15) is 38.3 Å². The van der Waals surface area contributed by atoms with E-state index in [2.05, 4.69) is 11.8 Å². The number of alkyl halides is 6. The summed E-state index contributed by atoms with van der Waals surface area (Å²) >= 11 is 0. The van der Waals surface area contributed by atoms with Gasteiger partial charge in [-0.05, 0) is 72.6 Å². The van der Waals surface area contributed by atoms with Crippen molar-refractivity contribution in [1.29, 1.82) is 0 Å². The van der Waals surface area contributed by atoms with Crippen molar-refractivity contribution in [2.75, 3.05) is 22.8 Å². The van der Waals surface area contributed by atoms with Gasteiger partial charge in [-0.1, -0.05) is 51.0 Å².